The summed E-state index contributed by atoms with van der Waals surface area (Å²) in [6, 6.07) is 1.53. The van der Waals surface area contributed by atoms with E-state index >= 15 is 4.39 Å². The van der Waals surface area contributed by atoms with Gasteiger partial charge in [-0.2, -0.15) is 14.4 Å². The zero-order chi connectivity index (χ0) is 25.3. The van der Waals surface area contributed by atoms with Gasteiger partial charge in [0.1, 0.15) is 12.3 Å². The summed E-state index contributed by atoms with van der Waals surface area (Å²) < 4.78 is 47.4. The van der Waals surface area contributed by atoms with Crippen LogP contribution in [0.25, 0.3) is 0 Å². The minimum absolute atomic E-state index is 0.0267. The van der Waals surface area contributed by atoms with Crippen molar-refractivity contribution in [2.45, 2.75) is 77.6 Å². The van der Waals surface area contributed by atoms with E-state index in [1.165, 1.54) is 6.92 Å². The maximum Gasteiger partial charge on any atom is 0.303 e. The highest BCUT2D eigenvalue weighted by Crippen LogP contribution is 2.38. The van der Waals surface area contributed by atoms with Crippen molar-refractivity contribution < 1.29 is 22.3 Å². The van der Waals surface area contributed by atoms with E-state index in [1.807, 2.05) is 18.9 Å². The van der Waals surface area contributed by atoms with E-state index < -0.39 is 21.8 Å². The monoisotopic (exact) mass is 509 g/mol. The summed E-state index contributed by atoms with van der Waals surface area (Å²) in [6.45, 7) is 4.41. The Morgan fingerprint density at radius 2 is 2.00 bits per heavy atom. The number of aryl methyl sites for hydroxylation is 1. The fourth-order valence-corrected chi connectivity index (χ4v) is 6.57. The van der Waals surface area contributed by atoms with Gasteiger partial charge in [0.2, 0.25) is 16.0 Å². The Labute approximate surface area is 204 Å². The Morgan fingerprint density at radius 1 is 1.31 bits per heavy atom. The molecule has 0 radical (unpaired) electrons. The van der Waals surface area contributed by atoms with Crippen molar-refractivity contribution >= 4 is 33.6 Å². The molecule has 4 heterocycles. The van der Waals surface area contributed by atoms with Gasteiger partial charge in [0.15, 0.2) is 17.5 Å². The molecule has 2 aromatic heterocycles. The number of aromatic amines is 1. The van der Waals surface area contributed by atoms with E-state index in [9.17, 15) is 13.2 Å². The lowest BCUT2D eigenvalue weighted by Gasteiger charge is -2.49. The maximum atomic E-state index is 15.2. The standard InChI is InChI=1S/C22H32FN7O4S/c1-5-35(32,33)30-15-7-6-8-16(30)11-17(10-15)29(4)22-24-18(12-34-14(3)31)20(23)21(26-22)25-19-9-13(2)27-28-19/h9,15-17H,5-8,10-12H2,1-4H3,(H2,24,25,26,27,28)/t15-,16+,17?. The average Bonchev–Trinajstić information content (AvgIpc) is 3.22. The van der Waals surface area contributed by atoms with Gasteiger partial charge in [0.05, 0.1) is 5.75 Å². The first-order valence-corrected chi connectivity index (χ1v) is 13.4. The second kappa shape index (κ2) is 10.1. The van der Waals surface area contributed by atoms with Gasteiger partial charge in [-0.15, -0.1) is 0 Å². The summed E-state index contributed by atoms with van der Waals surface area (Å²) in [5.41, 5.74) is 0.734. The molecule has 13 heteroatoms. The molecule has 2 saturated heterocycles. The third-order valence-electron chi connectivity index (χ3n) is 6.70. The van der Waals surface area contributed by atoms with E-state index in [2.05, 4.69) is 25.5 Å². The highest BCUT2D eigenvalue weighted by Gasteiger charge is 2.45. The van der Waals surface area contributed by atoms with Crippen molar-refractivity contribution in [3.8, 4) is 0 Å². The predicted octanol–water partition coefficient (Wildman–Crippen LogP) is 2.63. The number of esters is 1. The van der Waals surface area contributed by atoms with Crippen molar-refractivity contribution in [1.29, 1.82) is 0 Å². The van der Waals surface area contributed by atoms with Crippen LogP contribution in [0.4, 0.5) is 22.0 Å². The average molecular weight is 510 g/mol. The van der Waals surface area contributed by atoms with Crippen LogP contribution in [0.5, 0.6) is 0 Å². The maximum absolute atomic E-state index is 15.2. The molecule has 2 aromatic rings. The Kier molecular flexibility index (Phi) is 7.27. The predicted molar refractivity (Wildman–Crippen MR) is 128 cm³/mol. The van der Waals surface area contributed by atoms with E-state index in [0.717, 1.165) is 25.0 Å². The first kappa shape index (κ1) is 25.3. The smallest absolute Gasteiger partial charge is 0.303 e. The first-order chi connectivity index (χ1) is 16.6. The Morgan fingerprint density at radius 3 is 2.57 bits per heavy atom. The lowest BCUT2D eigenvalue weighted by molar-refractivity contribution is -0.142. The second-order valence-electron chi connectivity index (χ2n) is 9.18. The molecule has 2 fully saturated rings. The number of H-pyrrole nitrogens is 1. The van der Waals surface area contributed by atoms with Crippen LogP contribution in [-0.2, 0) is 26.2 Å². The number of hydrogen-bond acceptors (Lipinski definition) is 9. The Balaban J connectivity index is 1.63. The quantitative estimate of drug-likeness (QED) is 0.515. The number of nitrogens with zero attached hydrogens (tertiary/aromatic N) is 5. The molecule has 4 rings (SSSR count). The molecule has 2 N–H and O–H groups in total. The second-order valence-corrected chi connectivity index (χ2v) is 11.3. The largest absolute Gasteiger partial charge is 0.459 e. The van der Waals surface area contributed by atoms with Crippen LogP contribution in [0.2, 0.25) is 0 Å². The molecule has 0 spiro atoms. The number of hydrogen-bond donors (Lipinski definition) is 2. The molecule has 3 atom stereocenters. The highest BCUT2D eigenvalue weighted by molar-refractivity contribution is 7.89. The third kappa shape index (κ3) is 5.40. The van der Waals surface area contributed by atoms with Gasteiger partial charge in [0, 0.05) is 43.9 Å². The number of carbonyl (C=O) groups is 1. The molecule has 1 unspecified atom stereocenters. The number of halogens is 1. The third-order valence-corrected chi connectivity index (χ3v) is 8.67. The molecule has 35 heavy (non-hydrogen) atoms. The summed E-state index contributed by atoms with van der Waals surface area (Å²) in [7, 11) is -1.47. The number of aromatic nitrogens is 4. The number of anilines is 3. The highest BCUT2D eigenvalue weighted by atomic mass is 32.2. The van der Waals surface area contributed by atoms with Crippen molar-refractivity contribution in [2.24, 2.45) is 0 Å². The van der Waals surface area contributed by atoms with Crippen LogP contribution in [-0.4, -0.2) is 69.8 Å². The van der Waals surface area contributed by atoms with Crippen LogP contribution >= 0.6 is 0 Å². The van der Waals surface area contributed by atoms with Gasteiger partial charge < -0.3 is 15.0 Å². The minimum Gasteiger partial charge on any atom is -0.459 e. The SMILES string of the molecule is CCS(=O)(=O)N1[C@@H]2CCC[C@H]1CC(N(C)c1nc(COC(C)=O)c(F)c(Nc3cc(C)[nH]n3)n1)C2. The van der Waals surface area contributed by atoms with E-state index in [1.54, 1.807) is 17.3 Å². The Bertz CT molecular complexity index is 1170. The van der Waals surface area contributed by atoms with Crippen molar-refractivity contribution in [3.05, 3.63) is 23.3 Å². The number of carbonyl (C=O) groups excluding carboxylic acids is 1. The van der Waals surface area contributed by atoms with Gasteiger partial charge in [0.25, 0.3) is 0 Å². The van der Waals surface area contributed by atoms with Crippen LogP contribution in [0.1, 0.15) is 57.3 Å². The summed E-state index contributed by atoms with van der Waals surface area (Å²) in [4.78, 5) is 22.0. The molecule has 0 aliphatic carbocycles. The number of ether oxygens (including phenoxy) is 1. The lowest BCUT2D eigenvalue weighted by Crippen LogP contribution is -2.58. The molecule has 2 aliphatic heterocycles. The number of piperidine rings is 2. The number of fused-ring (bicyclic) bond motifs is 2. The Hall–Kier alpha value is -2.80. The molecular formula is C22H32FN7O4S. The van der Waals surface area contributed by atoms with Gasteiger partial charge in [-0.25, -0.2) is 17.8 Å². The normalized spacial score (nSPS) is 22.6. The molecule has 0 amide bonds. The van der Waals surface area contributed by atoms with Gasteiger partial charge in [-0.1, -0.05) is 6.42 Å². The summed E-state index contributed by atoms with van der Waals surface area (Å²) in [5.74, 6) is -0.625. The topological polar surface area (TPSA) is 133 Å². The number of nitrogens with one attached hydrogen (secondary N) is 2. The van der Waals surface area contributed by atoms with E-state index in [4.69, 9.17) is 4.74 Å². The number of rotatable bonds is 8. The zero-order valence-corrected chi connectivity index (χ0v) is 21.2. The lowest BCUT2D eigenvalue weighted by atomic mass is 9.83. The molecule has 11 nitrogen and oxygen atoms in total. The fraction of sp³-hybridized carbons (Fsp3) is 0.636. The van der Waals surface area contributed by atoms with Gasteiger partial charge in [-0.3, -0.25) is 9.89 Å². The minimum atomic E-state index is -3.30. The van der Waals surface area contributed by atoms with Gasteiger partial charge >= 0.3 is 5.97 Å². The van der Waals surface area contributed by atoms with E-state index in [0.29, 0.717) is 18.7 Å². The molecular weight excluding hydrogens is 477 g/mol. The zero-order valence-electron chi connectivity index (χ0n) is 20.4. The van der Waals surface area contributed by atoms with Crippen molar-refractivity contribution in [2.75, 3.05) is 23.0 Å². The molecule has 0 saturated carbocycles. The van der Waals surface area contributed by atoms with Crippen LogP contribution in [0.3, 0.4) is 0 Å². The van der Waals surface area contributed by atoms with Crippen LogP contribution in [0.15, 0.2) is 6.07 Å². The van der Waals surface area contributed by atoms with Crippen molar-refractivity contribution in [1.82, 2.24) is 24.5 Å². The summed E-state index contributed by atoms with van der Waals surface area (Å²) >= 11 is 0. The number of sulfonamides is 1. The summed E-state index contributed by atoms with van der Waals surface area (Å²) in [5, 5.41) is 9.73. The van der Waals surface area contributed by atoms with Crippen LogP contribution < -0.4 is 10.2 Å². The van der Waals surface area contributed by atoms with Crippen LogP contribution in [0, 0.1) is 12.7 Å². The van der Waals surface area contributed by atoms with Crippen molar-refractivity contribution in [3.63, 3.8) is 0 Å². The molecule has 0 aromatic carbocycles. The molecule has 192 valence electrons. The van der Waals surface area contributed by atoms with E-state index in [-0.39, 0.29) is 47.9 Å². The molecule has 2 aliphatic rings. The summed E-state index contributed by atoms with van der Waals surface area (Å²) in [6.07, 6.45) is 3.89. The van der Waals surface area contributed by atoms with Gasteiger partial charge in [-0.05, 0) is 39.5 Å². The fourth-order valence-electron chi connectivity index (χ4n) is 4.98. The first-order valence-electron chi connectivity index (χ1n) is 11.8. The molecule has 2 bridgehead atoms.